The first kappa shape index (κ1) is 35.8. The van der Waals surface area contributed by atoms with E-state index >= 15 is 0 Å². The van der Waals surface area contributed by atoms with Crippen LogP contribution in [0.1, 0.15) is 33.6 Å². The molecule has 0 saturated heterocycles. The molecule has 48 heavy (non-hydrogen) atoms. The lowest BCUT2D eigenvalue weighted by Crippen LogP contribution is -2.25. The molecule has 0 N–H and O–H groups in total. The number of hydrogen-bond donors (Lipinski definition) is 0. The number of halogens is 12. The Morgan fingerprint density at radius 1 is 0.479 bits per heavy atom. The minimum Gasteiger partial charge on any atom is -0.250 e. The highest BCUT2D eigenvalue weighted by molar-refractivity contribution is 5.89. The predicted molar refractivity (Wildman–Crippen MR) is 131 cm³/mol. The van der Waals surface area contributed by atoms with Crippen LogP contribution in [0.15, 0.2) is 24.5 Å². The van der Waals surface area contributed by atoms with Crippen LogP contribution in [0.25, 0.3) is 33.4 Å². The van der Waals surface area contributed by atoms with Gasteiger partial charge >= 0.3 is 24.7 Å². The van der Waals surface area contributed by atoms with Crippen LogP contribution in [-0.2, 0) is 24.7 Å². The fourth-order valence-corrected chi connectivity index (χ4v) is 4.38. The van der Waals surface area contributed by atoms with Crippen LogP contribution in [-0.4, -0.2) is 9.97 Å². The van der Waals surface area contributed by atoms with Crippen molar-refractivity contribution in [3.8, 4) is 58.7 Å². The Balaban J connectivity index is 2.98. The lowest BCUT2D eigenvalue weighted by atomic mass is 9.86. The summed E-state index contributed by atoms with van der Waals surface area (Å²) in [6, 6.07) is 6.40. The summed E-state index contributed by atoms with van der Waals surface area (Å²) in [7, 11) is 0. The largest absolute Gasteiger partial charge is 0.434 e. The molecule has 240 valence electrons. The summed E-state index contributed by atoms with van der Waals surface area (Å²) in [6.45, 7) is 0. The zero-order chi connectivity index (χ0) is 36.6. The van der Waals surface area contributed by atoms with Crippen molar-refractivity contribution >= 4 is 11.1 Å². The van der Waals surface area contributed by atoms with Gasteiger partial charge < -0.3 is 0 Å². The molecule has 1 aromatic carbocycles. The fraction of sp³-hybridized carbons (Fsp3) is 0.143. The summed E-state index contributed by atoms with van der Waals surface area (Å²) < 4.78 is 168. The van der Waals surface area contributed by atoms with Crippen molar-refractivity contribution in [2.75, 3.05) is 0 Å². The molecule has 0 aliphatic rings. The monoisotopic (exact) mass is 680 g/mol. The van der Waals surface area contributed by atoms with Crippen LogP contribution in [0.3, 0.4) is 0 Å². The molecular formula is C28H4F12N8. The van der Waals surface area contributed by atoms with Crippen molar-refractivity contribution in [3.05, 3.63) is 68.6 Å². The van der Waals surface area contributed by atoms with Gasteiger partial charge in [-0.2, -0.15) is 84.3 Å². The molecule has 0 saturated carbocycles. The summed E-state index contributed by atoms with van der Waals surface area (Å²) in [6.07, 6.45) is -23.5. The molecule has 0 atom stereocenters. The topological polar surface area (TPSA) is 169 Å². The Hall–Kier alpha value is -6.64. The van der Waals surface area contributed by atoms with Gasteiger partial charge in [0.25, 0.3) is 0 Å². The van der Waals surface area contributed by atoms with E-state index in [2.05, 4.69) is 9.97 Å². The van der Waals surface area contributed by atoms with E-state index in [1.807, 2.05) is 0 Å². The highest BCUT2D eigenvalue weighted by atomic mass is 19.4. The average Bonchev–Trinajstić information content (AvgIpc) is 2.99. The number of benzene rings is 1. The molecule has 3 aromatic rings. The molecule has 0 amide bonds. The van der Waals surface area contributed by atoms with E-state index < -0.39 is 115 Å². The third-order valence-corrected chi connectivity index (χ3v) is 6.21. The zero-order valence-corrected chi connectivity index (χ0v) is 22.4. The number of pyridine rings is 2. The Labute approximate surface area is 257 Å². The molecule has 0 aliphatic carbocycles. The number of rotatable bonds is 2. The van der Waals surface area contributed by atoms with Gasteiger partial charge in [0, 0.05) is 34.0 Å². The van der Waals surface area contributed by atoms with E-state index in [0.29, 0.717) is 0 Å². The summed E-state index contributed by atoms with van der Waals surface area (Å²) >= 11 is 0. The van der Waals surface area contributed by atoms with Crippen LogP contribution < -0.4 is 10.4 Å². The highest BCUT2D eigenvalue weighted by Crippen LogP contribution is 2.44. The number of nitriles is 6. The first-order chi connectivity index (χ1) is 22.1. The quantitative estimate of drug-likeness (QED) is 0.296. The zero-order valence-electron chi connectivity index (χ0n) is 22.4. The molecule has 20 heteroatoms. The SMILES string of the molecule is N#CC(C#N)=c1cc(-c2c(C(F)(F)F)cnc(C(F)(F)F)c2C#N)c(=C(C#N)C#N)cc1-c1c(C(F)(F)F)cnc(C(F)(F)F)c1C#N. The Bertz CT molecular complexity index is 2060. The van der Waals surface area contributed by atoms with Gasteiger partial charge in [-0.1, -0.05) is 0 Å². The third-order valence-electron chi connectivity index (χ3n) is 6.21. The Kier molecular flexibility index (Phi) is 9.17. The van der Waals surface area contributed by atoms with E-state index in [0.717, 1.165) is 36.4 Å². The summed E-state index contributed by atoms with van der Waals surface area (Å²) in [4.78, 5) is 5.30. The lowest BCUT2D eigenvalue weighted by molar-refractivity contribution is -0.144. The van der Waals surface area contributed by atoms with Gasteiger partial charge in [0.05, 0.1) is 22.3 Å². The molecule has 3 rings (SSSR count). The van der Waals surface area contributed by atoms with Gasteiger partial charge in [0.2, 0.25) is 0 Å². The third kappa shape index (κ3) is 6.37. The number of nitrogens with zero attached hydrogens (tertiary/aromatic N) is 8. The normalized spacial score (nSPS) is 11.6. The van der Waals surface area contributed by atoms with Gasteiger partial charge in [-0.05, 0) is 23.3 Å². The summed E-state index contributed by atoms with van der Waals surface area (Å²) in [5, 5.41) is 54.8. The molecule has 8 nitrogen and oxygen atoms in total. The molecular weight excluding hydrogens is 676 g/mol. The van der Waals surface area contributed by atoms with Gasteiger partial charge in [0.15, 0.2) is 11.4 Å². The van der Waals surface area contributed by atoms with Crippen LogP contribution >= 0.6 is 0 Å². The molecule has 0 aliphatic heterocycles. The Morgan fingerprint density at radius 3 is 0.979 bits per heavy atom. The van der Waals surface area contributed by atoms with E-state index in [-0.39, 0.29) is 12.1 Å². The van der Waals surface area contributed by atoms with Crippen molar-refractivity contribution in [1.29, 1.82) is 31.6 Å². The lowest BCUT2D eigenvalue weighted by Gasteiger charge is -2.20. The van der Waals surface area contributed by atoms with Gasteiger partial charge in [-0.25, -0.2) is 9.97 Å². The van der Waals surface area contributed by atoms with Gasteiger partial charge in [-0.15, -0.1) is 0 Å². The van der Waals surface area contributed by atoms with Gasteiger partial charge in [-0.3, -0.25) is 0 Å². The van der Waals surface area contributed by atoms with Crippen molar-refractivity contribution in [3.63, 3.8) is 0 Å². The Morgan fingerprint density at radius 2 is 0.771 bits per heavy atom. The average molecular weight is 680 g/mol. The minimum absolute atomic E-state index is 0.0989. The fourth-order valence-electron chi connectivity index (χ4n) is 4.38. The molecule has 0 unspecified atom stereocenters. The van der Waals surface area contributed by atoms with Crippen molar-refractivity contribution in [2.45, 2.75) is 24.7 Å². The second-order valence-electron chi connectivity index (χ2n) is 8.90. The molecule has 2 aromatic heterocycles. The van der Waals surface area contributed by atoms with E-state index in [4.69, 9.17) is 0 Å². The molecule has 0 bridgehead atoms. The molecule has 2 heterocycles. The maximum atomic E-state index is 14.2. The van der Waals surface area contributed by atoms with Crippen molar-refractivity contribution in [1.82, 2.24) is 9.97 Å². The van der Waals surface area contributed by atoms with E-state index in [1.165, 1.54) is 0 Å². The van der Waals surface area contributed by atoms with E-state index in [1.54, 1.807) is 0 Å². The van der Waals surface area contributed by atoms with Crippen LogP contribution in [0, 0.1) is 68.0 Å². The standard InChI is InChI=1S/C28H4F12N8/c29-25(30,31)19-9-47-23(27(35,36)37)17(7-45)21(19)15-1-13(11(3-41)4-42)16(2-14(15)12(5-43)6-44)22-18(8-46)24(28(38,39)40)48-10-20(22)26(32,33)34/h1-2,9-10H. The van der Waals surface area contributed by atoms with Crippen LogP contribution in [0.2, 0.25) is 0 Å². The van der Waals surface area contributed by atoms with E-state index in [9.17, 15) is 84.3 Å². The first-order valence-corrected chi connectivity index (χ1v) is 11.8. The predicted octanol–water partition coefficient (Wildman–Crippen LogP) is 6.02. The maximum absolute atomic E-state index is 14.2. The molecule has 0 fully saturated rings. The van der Waals surface area contributed by atoms with Crippen molar-refractivity contribution < 1.29 is 52.7 Å². The first-order valence-electron chi connectivity index (χ1n) is 11.8. The second-order valence-corrected chi connectivity index (χ2v) is 8.90. The van der Waals surface area contributed by atoms with Gasteiger partial charge in [0.1, 0.15) is 47.6 Å². The molecule has 0 radical (unpaired) electrons. The minimum atomic E-state index is -5.69. The molecule has 0 spiro atoms. The maximum Gasteiger partial charge on any atom is 0.434 e. The number of alkyl halides is 12. The van der Waals surface area contributed by atoms with Crippen LogP contribution in [0.4, 0.5) is 52.7 Å². The van der Waals surface area contributed by atoms with Crippen LogP contribution in [0.5, 0.6) is 0 Å². The van der Waals surface area contributed by atoms with Crippen molar-refractivity contribution in [2.24, 2.45) is 0 Å². The summed E-state index contributed by atoms with van der Waals surface area (Å²) in [5.74, 6) is 0. The smallest absolute Gasteiger partial charge is 0.250 e. The second kappa shape index (κ2) is 12.3. The number of aromatic nitrogens is 2. The summed E-state index contributed by atoms with van der Waals surface area (Å²) in [5.41, 5.74) is -21.7. The highest BCUT2D eigenvalue weighted by Gasteiger charge is 2.44. The number of hydrogen-bond acceptors (Lipinski definition) is 8.